The highest BCUT2D eigenvalue weighted by molar-refractivity contribution is 6.04. The Hall–Kier alpha value is -2.74. The number of hydrogen-bond donors (Lipinski definition) is 1. The van der Waals surface area contributed by atoms with Crippen LogP contribution in [0.15, 0.2) is 36.7 Å². The number of ether oxygens (including phenoxy) is 1. The second kappa shape index (κ2) is 7.22. The molecule has 0 radical (unpaired) electrons. The SMILES string of the molecule is O=C(Nc1cnn(CC2CCOCC2)c1)c1ccc([N+](=O)[O-])cc1. The highest BCUT2D eigenvalue weighted by Gasteiger charge is 2.15. The molecule has 1 N–H and O–H groups in total. The first-order chi connectivity index (χ1) is 11.6. The van der Waals surface area contributed by atoms with Crippen molar-refractivity contribution in [1.82, 2.24) is 9.78 Å². The maximum atomic E-state index is 12.2. The molecular formula is C16H18N4O4. The van der Waals surface area contributed by atoms with Gasteiger partial charge in [0.2, 0.25) is 0 Å². The van der Waals surface area contributed by atoms with Gasteiger partial charge in [-0.05, 0) is 30.9 Å². The van der Waals surface area contributed by atoms with Crippen molar-refractivity contribution in [3.8, 4) is 0 Å². The van der Waals surface area contributed by atoms with Gasteiger partial charge in [0.1, 0.15) is 0 Å². The Morgan fingerprint density at radius 3 is 2.71 bits per heavy atom. The third-order valence-electron chi connectivity index (χ3n) is 4.02. The summed E-state index contributed by atoms with van der Waals surface area (Å²) in [5.74, 6) is 0.215. The largest absolute Gasteiger partial charge is 0.381 e. The lowest BCUT2D eigenvalue weighted by Crippen LogP contribution is -2.20. The number of nitrogens with zero attached hydrogens (tertiary/aromatic N) is 3. The number of anilines is 1. The van der Waals surface area contributed by atoms with E-state index in [1.165, 1.54) is 24.3 Å². The van der Waals surface area contributed by atoms with Crippen molar-refractivity contribution in [1.29, 1.82) is 0 Å². The number of hydrogen-bond acceptors (Lipinski definition) is 5. The minimum atomic E-state index is -0.498. The van der Waals surface area contributed by atoms with Gasteiger partial charge in [-0.1, -0.05) is 0 Å². The summed E-state index contributed by atoms with van der Waals surface area (Å²) in [5.41, 5.74) is 0.916. The number of rotatable bonds is 5. The Morgan fingerprint density at radius 1 is 1.33 bits per heavy atom. The van der Waals surface area contributed by atoms with Crippen molar-refractivity contribution in [2.75, 3.05) is 18.5 Å². The van der Waals surface area contributed by atoms with Crippen molar-refractivity contribution in [2.45, 2.75) is 19.4 Å². The van der Waals surface area contributed by atoms with Crippen molar-refractivity contribution < 1.29 is 14.5 Å². The molecule has 0 bridgehead atoms. The predicted molar refractivity (Wildman–Crippen MR) is 86.8 cm³/mol. The molecule has 1 aromatic carbocycles. The average Bonchev–Trinajstić information content (AvgIpc) is 3.02. The molecule has 1 aliphatic heterocycles. The van der Waals surface area contributed by atoms with E-state index in [0.29, 0.717) is 17.2 Å². The van der Waals surface area contributed by atoms with Gasteiger partial charge < -0.3 is 10.1 Å². The first-order valence-electron chi connectivity index (χ1n) is 7.78. The van der Waals surface area contributed by atoms with Crippen LogP contribution in [0, 0.1) is 16.0 Å². The summed E-state index contributed by atoms with van der Waals surface area (Å²) in [6, 6.07) is 5.48. The fourth-order valence-corrected chi connectivity index (χ4v) is 2.66. The molecule has 2 heterocycles. The van der Waals surface area contributed by atoms with Crippen LogP contribution in [-0.2, 0) is 11.3 Å². The van der Waals surface area contributed by atoms with E-state index in [9.17, 15) is 14.9 Å². The maximum absolute atomic E-state index is 12.2. The van der Waals surface area contributed by atoms with Gasteiger partial charge in [-0.15, -0.1) is 0 Å². The van der Waals surface area contributed by atoms with Crippen molar-refractivity contribution >= 4 is 17.3 Å². The summed E-state index contributed by atoms with van der Waals surface area (Å²) in [7, 11) is 0. The zero-order valence-corrected chi connectivity index (χ0v) is 13.1. The van der Waals surface area contributed by atoms with Gasteiger partial charge in [-0.3, -0.25) is 19.6 Å². The smallest absolute Gasteiger partial charge is 0.269 e. The van der Waals surface area contributed by atoms with Crippen LogP contribution in [-0.4, -0.2) is 33.8 Å². The van der Waals surface area contributed by atoms with Crippen molar-refractivity contribution in [2.24, 2.45) is 5.92 Å². The first-order valence-corrected chi connectivity index (χ1v) is 7.78. The van der Waals surface area contributed by atoms with Crippen molar-refractivity contribution in [3.63, 3.8) is 0 Å². The Labute approximate surface area is 138 Å². The number of carbonyl (C=O) groups is 1. The number of non-ortho nitro benzene ring substituents is 1. The molecule has 8 heteroatoms. The second-order valence-corrected chi connectivity index (χ2v) is 5.76. The van der Waals surface area contributed by atoms with E-state index in [1.54, 1.807) is 12.4 Å². The molecule has 126 valence electrons. The number of nitro benzene ring substituents is 1. The molecule has 1 aromatic heterocycles. The Kier molecular flexibility index (Phi) is 4.85. The van der Waals surface area contributed by atoms with Crippen molar-refractivity contribution in [3.05, 3.63) is 52.3 Å². The Morgan fingerprint density at radius 2 is 2.04 bits per heavy atom. The lowest BCUT2D eigenvalue weighted by molar-refractivity contribution is -0.384. The summed E-state index contributed by atoms with van der Waals surface area (Å²) >= 11 is 0. The lowest BCUT2D eigenvalue weighted by Gasteiger charge is -2.21. The average molecular weight is 330 g/mol. The van der Waals surface area contributed by atoms with E-state index in [4.69, 9.17) is 4.74 Å². The van der Waals surface area contributed by atoms with E-state index in [-0.39, 0.29) is 11.6 Å². The van der Waals surface area contributed by atoms with Gasteiger partial charge in [0.25, 0.3) is 11.6 Å². The minimum Gasteiger partial charge on any atom is -0.381 e. The molecule has 1 amide bonds. The fourth-order valence-electron chi connectivity index (χ4n) is 2.66. The molecule has 24 heavy (non-hydrogen) atoms. The number of benzene rings is 1. The highest BCUT2D eigenvalue weighted by Crippen LogP contribution is 2.18. The summed E-state index contributed by atoms with van der Waals surface area (Å²) in [4.78, 5) is 22.3. The van der Waals surface area contributed by atoms with Crippen LogP contribution < -0.4 is 5.32 Å². The van der Waals surface area contributed by atoms with Crippen LogP contribution in [0.1, 0.15) is 23.2 Å². The standard InChI is InChI=1S/C16H18N4O4/c21-16(13-1-3-15(4-2-13)20(22)23)18-14-9-17-19(11-14)10-12-5-7-24-8-6-12/h1-4,9,11-12H,5-8,10H2,(H,18,21). The normalized spacial score (nSPS) is 15.2. The fraction of sp³-hybridized carbons (Fsp3) is 0.375. The summed E-state index contributed by atoms with van der Waals surface area (Å²) in [6.45, 7) is 2.38. The van der Waals surface area contributed by atoms with Gasteiger partial charge in [0.15, 0.2) is 0 Å². The van der Waals surface area contributed by atoms with Gasteiger partial charge >= 0.3 is 0 Å². The molecule has 1 saturated heterocycles. The molecule has 1 aliphatic rings. The third-order valence-corrected chi connectivity index (χ3v) is 4.02. The van der Waals surface area contributed by atoms with Crippen LogP contribution in [0.4, 0.5) is 11.4 Å². The molecule has 0 atom stereocenters. The number of nitrogens with one attached hydrogen (secondary N) is 1. The topological polar surface area (TPSA) is 99.3 Å². The number of carbonyl (C=O) groups excluding carboxylic acids is 1. The quantitative estimate of drug-likeness (QED) is 0.670. The lowest BCUT2D eigenvalue weighted by atomic mass is 10.0. The molecular weight excluding hydrogens is 312 g/mol. The molecule has 3 rings (SSSR count). The minimum absolute atomic E-state index is 0.0455. The molecule has 0 spiro atoms. The van der Waals surface area contributed by atoms with Crippen LogP contribution in [0.25, 0.3) is 0 Å². The summed E-state index contributed by atoms with van der Waals surface area (Å²) < 4.78 is 7.16. The molecule has 1 fully saturated rings. The van der Waals surface area contributed by atoms with Gasteiger partial charge in [-0.25, -0.2) is 0 Å². The molecule has 0 saturated carbocycles. The van der Waals surface area contributed by atoms with Crippen LogP contribution in [0.2, 0.25) is 0 Å². The first kappa shape index (κ1) is 16.1. The Balaban J connectivity index is 1.59. The van der Waals surface area contributed by atoms with Crippen LogP contribution >= 0.6 is 0 Å². The highest BCUT2D eigenvalue weighted by atomic mass is 16.6. The second-order valence-electron chi connectivity index (χ2n) is 5.76. The van der Waals surface area contributed by atoms with E-state index < -0.39 is 4.92 Å². The van der Waals surface area contributed by atoms with E-state index >= 15 is 0 Å². The van der Waals surface area contributed by atoms with E-state index in [0.717, 1.165) is 32.6 Å². The molecule has 2 aromatic rings. The number of amides is 1. The monoisotopic (exact) mass is 330 g/mol. The van der Waals surface area contributed by atoms with Gasteiger partial charge in [0.05, 0.1) is 16.8 Å². The van der Waals surface area contributed by atoms with Crippen LogP contribution in [0.5, 0.6) is 0 Å². The number of aromatic nitrogens is 2. The molecule has 0 unspecified atom stereocenters. The Bertz CT molecular complexity index is 720. The summed E-state index contributed by atoms with van der Waals surface area (Å²) in [5, 5.41) is 17.6. The molecule has 0 aliphatic carbocycles. The maximum Gasteiger partial charge on any atom is 0.269 e. The summed E-state index contributed by atoms with van der Waals surface area (Å²) in [6.07, 6.45) is 5.43. The van der Waals surface area contributed by atoms with Crippen LogP contribution in [0.3, 0.4) is 0 Å². The van der Waals surface area contributed by atoms with Gasteiger partial charge in [-0.2, -0.15) is 5.10 Å². The van der Waals surface area contributed by atoms with E-state index in [1.807, 2.05) is 4.68 Å². The van der Waals surface area contributed by atoms with E-state index in [2.05, 4.69) is 10.4 Å². The molecule has 8 nitrogen and oxygen atoms in total. The third kappa shape index (κ3) is 3.96. The van der Waals surface area contributed by atoms with Gasteiger partial charge in [0, 0.05) is 43.7 Å². The predicted octanol–water partition coefficient (Wildman–Crippen LogP) is 2.47. The zero-order valence-electron chi connectivity index (χ0n) is 13.1. The zero-order chi connectivity index (χ0) is 16.9. The number of nitro groups is 1.